The number of H-pyrrole nitrogens is 1. The number of anilines is 2. The predicted molar refractivity (Wildman–Crippen MR) is 76.5 cm³/mol. The second-order valence-electron chi connectivity index (χ2n) is 5.16. The van der Waals surface area contributed by atoms with E-state index in [1.165, 1.54) is 32.1 Å². The van der Waals surface area contributed by atoms with Crippen LogP contribution >= 0.6 is 0 Å². The van der Waals surface area contributed by atoms with E-state index in [9.17, 15) is 0 Å². The van der Waals surface area contributed by atoms with Gasteiger partial charge in [0.05, 0.1) is 11.6 Å². The molecule has 2 heterocycles. The maximum atomic E-state index is 4.61. The van der Waals surface area contributed by atoms with Gasteiger partial charge in [-0.2, -0.15) is 15.1 Å². The average molecular weight is 260 g/mol. The molecule has 0 unspecified atom stereocenters. The molecule has 1 fully saturated rings. The van der Waals surface area contributed by atoms with Gasteiger partial charge < -0.3 is 10.2 Å². The van der Waals surface area contributed by atoms with E-state index in [4.69, 9.17) is 0 Å². The first-order chi connectivity index (χ1) is 9.29. The van der Waals surface area contributed by atoms with E-state index in [0.29, 0.717) is 12.0 Å². The van der Waals surface area contributed by atoms with E-state index in [2.05, 4.69) is 37.4 Å². The molecular formula is C13H20N6. The van der Waals surface area contributed by atoms with Crippen molar-refractivity contribution in [3.8, 4) is 0 Å². The van der Waals surface area contributed by atoms with E-state index >= 15 is 0 Å². The highest BCUT2D eigenvalue weighted by Gasteiger charge is 2.22. The number of nitrogens with zero attached hydrogens (tertiary/aromatic N) is 4. The van der Waals surface area contributed by atoms with E-state index in [1.54, 1.807) is 0 Å². The molecule has 0 aromatic carbocycles. The Morgan fingerprint density at radius 1 is 1.26 bits per heavy atom. The molecule has 102 valence electrons. The normalized spacial score (nSPS) is 16.7. The molecule has 1 aliphatic carbocycles. The van der Waals surface area contributed by atoms with Crippen LogP contribution in [0, 0.1) is 0 Å². The van der Waals surface area contributed by atoms with Gasteiger partial charge in [0, 0.05) is 20.1 Å². The zero-order valence-corrected chi connectivity index (χ0v) is 11.5. The number of aromatic amines is 1. The largest absolute Gasteiger partial charge is 0.357 e. The summed E-state index contributed by atoms with van der Waals surface area (Å²) in [4.78, 5) is 11.3. The smallest absolute Gasteiger partial charge is 0.226 e. The van der Waals surface area contributed by atoms with Crippen molar-refractivity contribution >= 4 is 22.8 Å². The maximum Gasteiger partial charge on any atom is 0.226 e. The van der Waals surface area contributed by atoms with Crippen molar-refractivity contribution in [1.82, 2.24) is 20.2 Å². The fourth-order valence-electron chi connectivity index (χ4n) is 2.84. The van der Waals surface area contributed by atoms with Crippen LogP contribution in [-0.4, -0.2) is 40.3 Å². The Kier molecular flexibility index (Phi) is 3.23. The number of fused-ring (bicyclic) bond motifs is 1. The highest BCUT2D eigenvalue weighted by molar-refractivity contribution is 5.87. The molecule has 6 heteroatoms. The van der Waals surface area contributed by atoms with Gasteiger partial charge in [0.25, 0.3) is 0 Å². The Morgan fingerprint density at radius 3 is 2.79 bits per heavy atom. The molecule has 0 aliphatic heterocycles. The summed E-state index contributed by atoms with van der Waals surface area (Å²) in [7, 11) is 3.96. The van der Waals surface area contributed by atoms with Gasteiger partial charge in [-0.15, -0.1) is 0 Å². The minimum Gasteiger partial charge on any atom is -0.357 e. The lowest BCUT2D eigenvalue weighted by molar-refractivity contribution is 0.426. The van der Waals surface area contributed by atoms with Crippen LogP contribution in [-0.2, 0) is 0 Å². The maximum absolute atomic E-state index is 4.61. The molecule has 0 amide bonds. The molecule has 2 N–H and O–H groups in total. The van der Waals surface area contributed by atoms with Crippen LogP contribution in [0.5, 0.6) is 0 Å². The van der Waals surface area contributed by atoms with Gasteiger partial charge in [-0.1, -0.05) is 19.3 Å². The summed E-state index contributed by atoms with van der Waals surface area (Å²) < 4.78 is 0. The summed E-state index contributed by atoms with van der Waals surface area (Å²) >= 11 is 0. The molecule has 6 nitrogen and oxygen atoms in total. The fourth-order valence-corrected chi connectivity index (χ4v) is 2.84. The summed E-state index contributed by atoms with van der Waals surface area (Å²) in [5.41, 5.74) is 0.789. The van der Waals surface area contributed by atoms with Crippen molar-refractivity contribution in [2.24, 2.45) is 0 Å². The van der Waals surface area contributed by atoms with Gasteiger partial charge in [-0.3, -0.25) is 5.10 Å². The molecule has 2 aromatic rings. The topological polar surface area (TPSA) is 69.7 Å². The van der Waals surface area contributed by atoms with Crippen LogP contribution < -0.4 is 10.2 Å². The van der Waals surface area contributed by atoms with E-state index in [1.807, 2.05) is 13.2 Å². The summed E-state index contributed by atoms with van der Waals surface area (Å²) in [5.74, 6) is 1.60. The van der Waals surface area contributed by atoms with E-state index in [0.717, 1.165) is 16.9 Å². The van der Waals surface area contributed by atoms with Gasteiger partial charge in [0.15, 0.2) is 5.65 Å². The van der Waals surface area contributed by atoms with Crippen LogP contribution in [0.1, 0.15) is 32.1 Å². The molecular weight excluding hydrogens is 240 g/mol. The SMILES string of the molecule is CNc1nc(N(C)C2CCCCC2)c2cn[nH]c2n1. The average Bonchev–Trinajstić information content (AvgIpc) is 2.94. The quantitative estimate of drug-likeness (QED) is 0.885. The summed E-state index contributed by atoms with van der Waals surface area (Å²) in [6.45, 7) is 0. The van der Waals surface area contributed by atoms with Crippen molar-refractivity contribution in [3.05, 3.63) is 6.20 Å². The number of nitrogens with one attached hydrogen (secondary N) is 2. The number of rotatable bonds is 3. The summed E-state index contributed by atoms with van der Waals surface area (Å²) in [6, 6.07) is 0.575. The molecule has 0 atom stereocenters. The van der Waals surface area contributed by atoms with Gasteiger partial charge in [0.1, 0.15) is 5.82 Å². The molecule has 1 aliphatic rings. The first-order valence-corrected chi connectivity index (χ1v) is 6.91. The van der Waals surface area contributed by atoms with Crippen LogP contribution in [0.15, 0.2) is 6.20 Å². The third-order valence-electron chi connectivity index (χ3n) is 3.97. The second-order valence-corrected chi connectivity index (χ2v) is 5.16. The molecule has 1 saturated carbocycles. The van der Waals surface area contributed by atoms with Crippen LogP contribution in [0.25, 0.3) is 11.0 Å². The second kappa shape index (κ2) is 5.03. The number of hydrogen-bond donors (Lipinski definition) is 2. The molecule has 0 spiro atoms. The van der Waals surface area contributed by atoms with Gasteiger partial charge >= 0.3 is 0 Å². The van der Waals surface area contributed by atoms with Crippen molar-refractivity contribution in [2.45, 2.75) is 38.1 Å². The Hall–Kier alpha value is -1.85. The zero-order chi connectivity index (χ0) is 13.2. The third kappa shape index (κ3) is 2.22. The first kappa shape index (κ1) is 12.2. The summed E-state index contributed by atoms with van der Waals surface area (Å²) in [5, 5.41) is 11.0. The van der Waals surface area contributed by atoms with Crippen molar-refractivity contribution in [3.63, 3.8) is 0 Å². The highest BCUT2D eigenvalue weighted by atomic mass is 15.3. The van der Waals surface area contributed by atoms with E-state index < -0.39 is 0 Å². The minimum atomic E-state index is 0.575. The Labute approximate surface area is 112 Å². The monoisotopic (exact) mass is 260 g/mol. The van der Waals surface area contributed by atoms with Crippen LogP contribution in [0.2, 0.25) is 0 Å². The lowest BCUT2D eigenvalue weighted by atomic mass is 9.94. The standard InChI is InChI=1S/C13H20N6/c1-14-13-16-11-10(8-15-18-11)12(17-13)19(2)9-6-4-3-5-7-9/h8-9H,3-7H2,1-2H3,(H2,14,15,16,17,18). The van der Waals surface area contributed by atoms with Gasteiger partial charge in [0.2, 0.25) is 5.95 Å². The van der Waals surface area contributed by atoms with E-state index in [-0.39, 0.29) is 0 Å². The molecule has 0 bridgehead atoms. The van der Waals surface area contributed by atoms with Gasteiger partial charge in [-0.05, 0) is 12.8 Å². The Balaban J connectivity index is 1.99. The Bertz CT molecular complexity index is 557. The highest BCUT2D eigenvalue weighted by Crippen LogP contribution is 2.29. The minimum absolute atomic E-state index is 0.575. The zero-order valence-electron chi connectivity index (χ0n) is 11.5. The van der Waals surface area contributed by atoms with Crippen molar-refractivity contribution in [1.29, 1.82) is 0 Å². The number of aromatic nitrogens is 4. The van der Waals surface area contributed by atoms with Crippen LogP contribution in [0.3, 0.4) is 0 Å². The molecule has 3 rings (SSSR count). The first-order valence-electron chi connectivity index (χ1n) is 6.91. The summed E-state index contributed by atoms with van der Waals surface area (Å²) in [6.07, 6.45) is 8.28. The third-order valence-corrected chi connectivity index (χ3v) is 3.97. The van der Waals surface area contributed by atoms with Gasteiger partial charge in [-0.25, -0.2) is 0 Å². The lowest BCUT2D eigenvalue weighted by Crippen LogP contribution is -2.34. The fraction of sp³-hybridized carbons (Fsp3) is 0.615. The Morgan fingerprint density at radius 2 is 2.05 bits per heavy atom. The van der Waals surface area contributed by atoms with Crippen molar-refractivity contribution in [2.75, 3.05) is 24.3 Å². The van der Waals surface area contributed by atoms with Crippen molar-refractivity contribution < 1.29 is 0 Å². The number of hydrogen-bond acceptors (Lipinski definition) is 5. The van der Waals surface area contributed by atoms with Crippen LogP contribution in [0.4, 0.5) is 11.8 Å². The lowest BCUT2D eigenvalue weighted by Gasteiger charge is -2.32. The molecule has 2 aromatic heterocycles. The molecule has 0 radical (unpaired) electrons. The molecule has 0 saturated heterocycles. The molecule has 19 heavy (non-hydrogen) atoms. The predicted octanol–water partition coefficient (Wildman–Crippen LogP) is 2.16.